The Kier molecular flexibility index (Phi) is 11.0. The fourth-order valence-corrected chi connectivity index (χ4v) is 2.30. The van der Waals surface area contributed by atoms with Gasteiger partial charge in [-0.15, -0.1) is 24.0 Å². The molecular formula is C21H30IN3O. The number of nitrogens with zero attached hydrogens (tertiary/aromatic N) is 1. The predicted octanol–water partition coefficient (Wildman–Crippen LogP) is 4.48. The second-order valence-electron chi connectivity index (χ2n) is 6.21. The summed E-state index contributed by atoms with van der Waals surface area (Å²) in [5.74, 6) is 0.832. The zero-order chi connectivity index (χ0) is 17.9. The Balaban J connectivity index is 0.00000338. The zero-order valence-electron chi connectivity index (χ0n) is 15.9. The summed E-state index contributed by atoms with van der Waals surface area (Å²) in [4.78, 5) is 4.64. The maximum absolute atomic E-state index is 5.63. The first-order valence-corrected chi connectivity index (χ1v) is 8.93. The fourth-order valence-electron chi connectivity index (χ4n) is 2.30. The number of benzene rings is 2. The lowest BCUT2D eigenvalue weighted by atomic mass is 10.1. The Morgan fingerprint density at radius 1 is 0.923 bits per heavy atom. The van der Waals surface area contributed by atoms with Crippen LogP contribution in [0.1, 0.15) is 37.5 Å². The lowest BCUT2D eigenvalue weighted by molar-refractivity contribution is 0.0657. The average molecular weight is 467 g/mol. The highest BCUT2D eigenvalue weighted by molar-refractivity contribution is 14.0. The molecule has 0 aromatic heterocycles. The lowest BCUT2D eigenvalue weighted by Gasteiger charge is -2.12. The van der Waals surface area contributed by atoms with E-state index >= 15 is 0 Å². The van der Waals surface area contributed by atoms with Crippen LogP contribution in [0.2, 0.25) is 0 Å². The van der Waals surface area contributed by atoms with Gasteiger partial charge < -0.3 is 15.4 Å². The molecule has 0 radical (unpaired) electrons. The Morgan fingerprint density at radius 3 is 2.19 bits per heavy atom. The molecule has 0 aliphatic heterocycles. The van der Waals surface area contributed by atoms with E-state index in [0.29, 0.717) is 13.2 Å². The molecule has 26 heavy (non-hydrogen) atoms. The molecule has 0 unspecified atom stereocenters. The predicted molar refractivity (Wildman–Crippen MR) is 120 cm³/mol. The van der Waals surface area contributed by atoms with Gasteiger partial charge in [0.2, 0.25) is 0 Å². The zero-order valence-corrected chi connectivity index (χ0v) is 18.2. The average Bonchev–Trinajstić information content (AvgIpc) is 2.64. The lowest BCUT2D eigenvalue weighted by Crippen LogP contribution is -2.36. The highest BCUT2D eigenvalue weighted by atomic mass is 127. The van der Waals surface area contributed by atoms with Crippen LogP contribution in [0.5, 0.6) is 0 Å². The largest absolute Gasteiger partial charge is 0.374 e. The van der Waals surface area contributed by atoms with Crippen molar-refractivity contribution in [1.29, 1.82) is 0 Å². The van der Waals surface area contributed by atoms with Crippen molar-refractivity contribution in [2.45, 2.75) is 46.6 Å². The minimum atomic E-state index is 0. The fraction of sp³-hybridized carbons (Fsp3) is 0.381. The molecule has 0 fully saturated rings. The van der Waals surface area contributed by atoms with E-state index < -0.39 is 0 Å². The molecule has 5 heteroatoms. The van der Waals surface area contributed by atoms with Crippen molar-refractivity contribution in [2.24, 2.45) is 4.99 Å². The maximum atomic E-state index is 5.63. The molecule has 0 heterocycles. The van der Waals surface area contributed by atoms with Gasteiger partial charge in [0.1, 0.15) is 0 Å². The third-order valence-electron chi connectivity index (χ3n) is 3.67. The first kappa shape index (κ1) is 22.4. The minimum absolute atomic E-state index is 0. The molecule has 4 nitrogen and oxygen atoms in total. The second-order valence-corrected chi connectivity index (χ2v) is 6.21. The van der Waals surface area contributed by atoms with Crippen LogP contribution in [-0.4, -0.2) is 18.6 Å². The molecule has 0 bridgehead atoms. The van der Waals surface area contributed by atoms with E-state index in [9.17, 15) is 0 Å². The van der Waals surface area contributed by atoms with Crippen LogP contribution in [0, 0.1) is 0 Å². The summed E-state index contributed by atoms with van der Waals surface area (Å²) in [5, 5.41) is 6.67. The summed E-state index contributed by atoms with van der Waals surface area (Å²) >= 11 is 0. The highest BCUT2D eigenvalue weighted by Crippen LogP contribution is 2.07. The molecule has 2 rings (SSSR count). The highest BCUT2D eigenvalue weighted by Gasteiger charge is 2.00. The molecule has 2 aromatic rings. The van der Waals surface area contributed by atoms with E-state index in [1.165, 1.54) is 16.7 Å². The monoisotopic (exact) mass is 467 g/mol. The summed E-state index contributed by atoms with van der Waals surface area (Å²) in [5.41, 5.74) is 3.62. The third kappa shape index (κ3) is 8.67. The standard InChI is InChI=1S/C21H29N3O.HI/c1-4-22-21(23-14-18-8-6-5-7-9-18)24-15-19-10-12-20(13-11-19)16-25-17(2)3;/h5-13,17H,4,14-16H2,1-3H3,(H2,22,23,24);1H. The van der Waals surface area contributed by atoms with Gasteiger partial charge in [0.15, 0.2) is 5.96 Å². The Bertz CT molecular complexity index is 642. The number of aliphatic imine (C=N–C) groups is 1. The summed E-state index contributed by atoms with van der Waals surface area (Å²) < 4.78 is 5.63. The number of guanidine groups is 1. The van der Waals surface area contributed by atoms with Crippen LogP contribution >= 0.6 is 24.0 Å². The molecule has 0 spiro atoms. The van der Waals surface area contributed by atoms with Gasteiger partial charge in [0.25, 0.3) is 0 Å². The number of hydrogen-bond donors (Lipinski definition) is 2. The van der Waals surface area contributed by atoms with Gasteiger partial charge in [0.05, 0.1) is 19.3 Å². The van der Waals surface area contributed by atoms with Crippen molar-refractivity contribution in [3.05, 3.63) is 71.3 Å². The van der Waals surface area contributed by atoms with Crippen molar-refractivity contribution in [3.8, 4) is 0 Å². The second kappa shape index (κ2) is 12.7. The molecule has 0 saturated heterocycles. The van der Waals surface area contributed by atoms with E-state index in [0.717, 1.165) is 19.0 Å². The van der Waals surface area contributed by atoms with Gasteiger partial charge in [-0.2, -0.15) is 0 Å². The van der Waals surface area contributed by atoms with Gasteiger partial charge in [-0.1, -0.05) is 54.6 Å². The smallest absolute Gasteiger partial charge is 0.191 e. The van der Waals surface area contributed by atoms with Crippen LogP contribution in [0.4, 0.5) is 0 Å². The van der Waals surface area contributed by atoms with Gasteiger partial charge in [-0.25, -0.2) is 4.99 Å². The van der Waals surface area contributed by atoms with Crippen LogP contribution in [0.25, 0.3) is 0 Å². The number of rotatable bonds is 8. The Hall–Kier alpha value is -1.60. The molecule has 142 valence electrons. The van der Waals surface area contributed by atoms with Crippen LogP contribution in [0.15, 0.2) is 59.6 Å². The molecule has 2 N–H and O–H groups in total. The summed E-state index contributed by atoms with van der Waals surface area (Å²) in [6.45, 7) is 9.08. The first-order valence-electron chi connectivity index (χ1n) is 8.93. The molecule has 0 aliphatic carbocycles. The van der Waals surface area contributed by atoms with Crippen LogP contribution in [0.3, 0.4) is 0 Å². The maximum Gasteiger partial charge on any atom is 0.191 e. The van der Waals surface area contributed by atoms with Crippen LogP contribution in [-0.2, 0) is 24.4 Å². The molecule has 0 saturated carbocycles. The number of ether oxygens (including phenoxy) is 1. The molecule has 0 atom stereocenters. The molecule has 0 aliphatic rings. The Labute approximate surface area is 174 Å². The first-order chi connectivity index (χ1) is 12.2. The molecule has 2 aromatic carbocycles. The number of hydrogen-bond acceptors (Lipinski definition) is 2. The summed E-state index contributed by atoms with van der Waals surface area (Å²) in [6, 6.07) is 18.8. The van der Waals surface area contributed by atoms with Crippen molar-refractivity contribution >= 4 is 29.9 Å². The van der Waals surface area contributed by atoms with Crippen LogP contribution < -0.4 is 10.6 Å². The van der Waals surface area contributed by atoms with Gasteiger partial charge in [0, 0.05) is 13.1 Å². The number of halogens is 1. The minimum Gasteiger partial charge on any atom is -0.374 e. The van der Waals surface area contributed by atoms with Crippen molar-refractivity contribution < 1.29 is 4.74 Å². The van der Waals surface area contributed by atoms with Gasteiger partial charge in [-0.3, -0.25) is 0 Å². The summed E-state index contributed by atoms with van der Waals surface area (Å²) in [6.07, 6.45) is 0.254. The normalized spacial score (nSPS) is 11.2. The number of nitrogens with one attached hydrogen (secondary N) is 2. The molecule has 0 amide bonds. The van der Waals surface area contributed by atoms with E-state index in [2.05, 4.69) is 72.8 Å². The quantitative estimate of drug-likeness (QED) is 0.342. The van der Waals surface area contributed by atoms with E-state index in [1.54, 1.807) is 0 Å². The van der Waals surface area contributed by atoms with Gasteiger partial charge >= 0.3 is 0 Å². The van der Waals surface area contributed by atoms with Crippen molar-refractivity contribution in [3.63, 3.8) is 0 Å². The van der Waals surface area contributed by atoms with Gasteiger partial charge in [-0.05, 0) is 37.5 Å². The van der Waals surface area contributed by atoms with E-state index in [-0.39, 0.29) is 30.1 Å². The molecular weight excluding hydrogens is 437 g/mol. The van der Waals surface area contributed by atoms with E-state index in [1.807, 2.05) is 18.2 Å². The van der Waals surface area contributed by atoms with E-state index in [4.69, 9.17) is 4.74 Å². The Morgan fingerprint density at radius 2 is 1.58 bits per heavy atom. The van der Waals surface area contributed by atoms with Crippen molar-refractivity contribution in [1.82, 2.24) is 10.6 Å². The summed E-state index contributed by atoms with van der Waals surface area (Å²) in [7, 11) is 0. The van der Waals surface area contributed by atoms with Crippen molar-refractivity contribution in [2.75, 3.05) is 6.54 Å². The topological polar surface area (TPSA) is 45.7 Å². The third-order valence-corrected chi connectivity index (χ3v) is 3.67. The SMILES string of the molecule is CCNC(=NCc1ccccc1)NCc1ccc(COC(C)C)cc1.I.